The van der Waals surface area contributed by atoms with Gasteiger partial charge in [-0.25, -0.2) is 0 Å². The highest BCUT2D eigenvalue weighted by atomic mass is 16.6. The Bertz CT molecular complexity index is 1160. The minimum Gasteiger partial charge on any atom is -0.465 e. The van der Waals surface area contributed by atoms with E-state index in [-0.39, 0.29) is 19.6 Å². The molecule has 1 fully saturated rings. The maximum atomic E-state index is 12.5. The quantitative estimate of drug-likeness (QED) is 0.0358. The average molecular weight is 1040 g/mol. The molecule has 1 aliphatic heterocycles. The second kappa shape index (κ2) is 57.8. The van der Waals surface area contributed by atoms with Crippen LogP contribution in [0.25, 0.3) is 0 Å². The Hall–Kier alpha value is -1.40. The molecule has 1 rings (SSSR count). The van der Waals surface area contributed by atoms with E-state index < -0.39 is 36.5 Å². The van der Waals surface area contributed by atoms with Crippen molar-refractivity contribution in [1.82, 2.24) is 0 Å². The number of allylic oxidation sites excluding steroid dienone is 2. The molecule has 0 bridgehead atoms. The second-order valence-electron chi connectivity index (χ2n) is 24.2. The molecule has 1 saturated heterocycles. The fourth-order valence-electron chi connectivity index (χ4n) is 11.3. The van der Waals surface area contributed by atoms with Gasteiger partial charge < -0.3 is 19.7 Å². The second-order valence-corrected chi connectivity index (χ2v) is 24.2. The molecule has 438 valence electrons. The van der Waals surface area contributed by atoms with E-state index in [2.05, 4.69) is 19.1 Å². The number of cyclic esters (lactones) is 2. The molecule has 0 amide bonds. The van der Waals surface area contributed by atoms with Gasteiger partial charge in [-0.05, 0) is 32.1 Å². The number of unbranched alkanes of at least 4 members (excludes halogenated alkanes) is 53. The van der Waals surface area contributed by atoms with Gasteiger partial charge in [-0.15, -0.1) is 0 Å². The van der Waals surface area contributed by atoms with Crippen LogP contribution < -0.4 is 0 Å². The molecule has 0 aliphatic carbocycles. The summed E-state index contributed by atoms with van der Waals surface area (Å²) in [6.07, 6.45) is 83.2. The summed E-state index contributed by atoms with van der Waals surface area (Å²) in [5.74, 6) is -1.41. The lowest BCUT2D eigenvalue weighted by atomic mass is 9.92. The Morgan fingerprint density at radius 3 is 0.838 bits per heavy atom. The van der Waals surface area contributed by atoms with Crippen LogP contribution >= 0.6 is 0 Å². The van der Waals surface area contributed by atoms with Crippen LogP contribution in [-0.4, -0.2) is 48.6 Å². The van der Waals surface area contributed by atoms with Crippen LogP contribution in [0.4, 0.5) is 0 Å². The van der Waals surface area contributed by atoms with Crippen LogP contribution in [0.5, 0.6) is 0 Å². The largest absolute Gasteiger partial charge is 0.465 e. The molecule has 0 radical (unpaired) electrons. The van der Waals surface area contributed by atoms with Crippen LogP contribution in [0.15, 0.2) is 12.2 Å². The molecule has 6 heteroatoms. The van der Waals surface area contributed by atoms with Crippen LogP contribution in [-0.2, 0) is 19.1 Å². The van der Waals surface area contributed by atoms with Crippen molar-refractivity contribution in [2.45, 2.75) is 373 Å². The van der Waals surface area contributed by atoms with E-state index in [1.165, 1.54) is 334 Å². The highest BCUT2D eigenvalue weighted by molar-refractivity contribution is 5.80. The Balaban J connectivity index is 1.67. The molecule has 0 aromatic heterocycles. The molecule has 0 spiro atoms. The predicted molar refractivity (Wildman–Crippen MR) is 320 cm³/mol. The summed E-state index contributed by atoms with van der Waals surface area (Å²) in [5, 5.41) is 19.2. The SMILES string of the molecule is CCCCCCCCCCCCCCCCCCCCCCCCCCCCCCCCCCCCCCCCCCCCCCC/C=C/CCCCCCCCCCC1CC(=O)OCC(CO)(CO)COC1=O. The molecule has 2 N–H and O–H groups in total. The van der Waals surface area contributed by atoms with E-state index >= 15 is 0 Å². The maximum Gasteiger partial charge on any atom is 0.309 e. The van der Waals surface area contributed by atoms with Gasteiger partial charge in [-0.1, -0.05) is 347 Å². The summed E-state index contributed by atoms with van der Waals surface area (Å²) >= 11 is 0. The molecule has 1 atom stereocenters. The monoisotopic (exact) mass is 1040 g/mol. The standard InChI is InChI=1S/C68H130O6/c1-2-3-4-5-6-7-8-9-10-11-12-13-14-15-16-17-18-19-20-21-22-23-24-25-26-27-28-29-30-31-32-33-34-35-36-37-38-39-40-41-42-43-44-45-46-47-48-49-50-51-52-53-54-55-56-57-58-59-65-60-66(71)73-63-68(61-69,62-70)64-74-67(65)72/h48-49,65,69-70H,2-47,50-64H2,1H3/b49-48+. The first-order valence-corrected chi connectivity index (χ1v) is 33.8. The zero-order valence-electron chi connectivity index (χ0n) is 49.9. The van der Waals surface area contributed by atoms with Crippen molar-refractivity contribution in [3.05, 3.63) is 12.2 Å². The number of aliphatic hydroxyl groups is 2. The molecule has 0 aromatic rings. The van der Waals surface area contributed by atoms with E-state index in [0.717, 1.165) is 19.3 Å². The fraction of sp³-hybridized carbons (Fsp3) is 0.941. The summed E-state index contributed by atoms with van der Waals surface area (Å²) in [6, 6.07) is 0. The lowest BCUT2D eigenvalue weighted by Gasteiger charge is -2.27. The van der Waals surface area contributed by atoms with E-state index in [9.17, 15) is 19.8 Å². The summed E-state index contributed by atoms with van der Waals surface area (Å²) < 4.78 is 10.6. The first-order chi connectivity index (χ1) is 36.6. The van der Waals surface area contributed by atoms with E-state index in [4.69, 9.17) is 9.47 Å². The van der Waals surface area contributed by atoms with E-state index in [1.807, 2.05) is 0 Å². The number of aliphatic hydroxyl groups excluding tert-OH is 2. The van der Waals surface area contributed by atoms with Crippen molar-refractivity contribution in [1.29, 1.82) is 0 Å². The van der Waals surface area contributed by atoms with Gasteiger partial charge >= 0.3 is 11.9 Å². The molecule has 1 unspecified atom stereocenters. The van der Waals surface area contributed by atoms with Crippen molar-refractivity contribution >= 4 is 11.9 Å². The maximum absolute atomic E-state index is 12.5. The number of carbonyl (C=O) groups is 2. The lowest BCUT2D eigenvalue weighted by molar-refractivity contribution is -0.155. The number of ether oxygens (including phenoxy) is 2. The Labute approximate surface area is 462 Å². The Kier molecular flexibility index (Phi) is 55.1. The Morgan fingerprint density at radius 1 is 0.351 bits per heavy atom. The molecular weight excluding hydrogens is 913 g/mol. The van der Waals surface area contributed by atoms with Gasteiger partial charge in [0.2, 0.25) is 0 Å². The third kappa shape index (κ3) is 48.9. The molecule has 1 heterocycles. The van der Waals surface area contributed by atoms with Gasteiger partial charge in [0.15, 0.2) is 0 Å². The van der Waals surface area contributed by atoms with Gasteiger partial charge in [-0.2, -0.15) is 0 Å². The van der Waals surface area contributed by atoms with Crippen LogP contribution in [0.2, 0.25) is 0 Å². The zero-order chi connectivity index (χ0) is 53.2. The highest BCUT2D eigenvalue weighted by Gasteiger charge is 2.36. The first-order valence-electron chi connectivity index (χ1n) is 33.8. The number of esters is 2. The van der Waals surface area contributed by atoms with E-state index in [1.54, 1.807) is 0 Å². The average Bonchev–Trinajstić information content (AvgIpc) is 3.47. The highest BCUT2D eigenvalue weighted by Crippen LogP contribution is 2.25. The number of carbonyl (C=O) groups excluding carboxylic acids is 2. The zero-order valence-corrected chi connectivity index (χ0v) is 49.9. The van der Waals surface area contributed by atoms with Crippen LogP contribution in [0.3, 0.4) is 0 Å². The molecule has 0 aromatic carbocycles. The van der Waals surface area contributed by atoms with Crippen molar-refractivity contribution in [3.63, 3.8) is 0 Å². The number of hydrogen-bond acceptors (Lipinski definition) is 6. The fourth-order valence-corrected chi connectivity index (χ4v) is 11.3. The smallest absolute Gasteiger partial charge is 0.309 e. The predicted octanol–water partition coefficient (Wildman–Crippen LogP) is 21.5. The van der Waals surface area contributed by atoms with Crippen LogP contribution in [0, 0.1) is 11.3 Å². The Morgan fingerprint density at radius 2 is 0.581 bits per heavy atom. The number of hydrogen-bond donors (Lipinski definition) is 2. The summed E-state index contributed by atoms with van der Waals surface area (Å²) in [6.45, 7) is 1.20. The minimum atomic E-state index is -1.13. The van der Waals surface area contributed by atoms with Crippen molar-refractivity contribution in [3.8, 4) is 0 Å². The van der Waals surface area contributed by atoms with Gasteiger partial charge in [0.05, 0.1) is 31.0 Å². The van der Waals surface area contributed by atoms with E-state index in [0.29, 0.717) is 6.42 Å². The normalized spacial score (nSPS) is 15.1. The van der Waals surface area contributed by atoms with Gasteiger partial charge in [0, 0.05) is 0 Å². The molecule has 6 nitrogen and oxygen atoms in total. The lowest BCUT2D eigenvalue weighted by Crippen LogP contribution is -2.40. The molecule has 0 saturated carbocycles. The third-order valence-electron chi connectivity index (χ3n) is 16.8. The summed E-state index contributed by atoms with van der Waals surface area (Å²) in [7, 11) is 0. The molecule has 74 heavy (non-hydrogen) atoms. The van der Waals surface area contributed by atoms with Crippen molar-refractivity contribution in [2.24, 2.45) is 11.3 Å². The van der Waals surface area contributed by atoms with Gasteiger partial charge in [0.25, 0.3) is 0 Å². The van der Waals surface area contributed by atoms with Crippen LogP contribution in [0.1, 0.15) is 373 Å². The first kappa shape index (κ1) is 70.6. The summed E-state index contributed by atoms with van der Waals surface area (Å²) in [4.78, 5) is 24.7. The minimum absolute atomic E-state index is 0.0000807. The summed E-state index contributed by atoms with van der Waals surface area (Å²) in [5.41, 5.74) is -1.13. The van der Waals surface area contributed by atoms with Crippen molar-refractivity contribution in [2.75, 3.05) is 26.4 Å². The third-order valence-corrected chi connectivity index (χ3v) is 16.8. The number of rotatable bonds is 59. The molecule has 1 aliphatic rings. The van der Waals surface area contributed by atoms with Crippen molar-refractivity contribution < 1.29 is 29.3 Å². The topological polar surface area (TPSA) is 93.1 Å². The molecular formula is C68H130O6. The van der Waals surface area contributed by atoms with Gasteiger partial charge in [0.1, 0.15) is 13.2 Å². The van der Waals surface area contributed by atoms with Gasteiger partial charge in [-0.3, -0.25) is 9.59 Å².